The molecule has 0 aliphatic carbocycles. The van der Waals surface area contributed by atoms with Gasteiger partial charge in [0.25, 0.3) is 10.0 Å². The van der Waals surface area contributed by atoms with Gasteiger partial charge in [-0.2, -0.15) is 0 Å². The Labute approximate surface area is 142 Å². The van der Waals surface area contributed by atoms with Crippen LogP contribution in [0.1, 0.15) is 12.0 Å². The fourth-order valence-corrected chi connectivity index (χ4v) is 5.35. The molecule has 0 aromatic heterocycles. The molecular formula is C16H18N2O4S2. The van der Waals surface area contributed by atoms with Crippen LogP contribution in [-0.4, -0.2) is 29.1 Å². The summed E-state index contributed by atoms with van der Waals surface area (Å²) in [7, 11) is -7.03. The van der Waals surface area contributed by atoms with Crippen molar-refractivity contribution in [3.8, 4) is 0 Å². The number of nitrogens with one attached hydrogen (secondary N) is 1. The van der Waals surface area contributed by atoms with E-state index < -0.39 is 20.0 Å². The van der Waals surface area contributed by atoms with E-state index in [1.54, 1.807) is 43.3 Å². The summed E-state index contributed by atoms with van der Waals surface area (Å²) < 4.78 is 52.9. The molecule has 0 unspecified atom stereocenters. The van der Waals surface area contributed by atoms with Gasteiger partial charge in [-0.25, -0.2) is 16.8 Å². The zero-order valence-electron chi connectivity index (χ0n) is 13.1. The number of hydrogen-bond donors (Lipinski definition) is 1. The van der Waals surface area contributed by atoms with Crippen molar-refractivity contribution in [1.29, 1.82) is 0 Å². The molecule has 128 valence electrons. The van der Waals surface area contributed by atoms with Gasteiger partial charge in [-0.05, 0) is 43.2 Å². The van der Waals surface area contributed by atoms with Gasteiger partial charge >= 0.3 is 0 Å². The Hall–Kier alpha value is -2.06. The third kappa shape index (κ3) is 3.25. The van der Waals surface area contributed by atoms with Crippen molar-refractivity contribution in [3.63, 3.8) is 0 Å². The Morgan fingerprint density at radius 1 is 1.08 bits per heavy atom. The Balaban J connectivity index is 1.95. The molecule has 2 aromatic carbocycles. The average Bonchev–Trinajstić information content (AvgIpc) is 2.89. The topological polar surface area (TPSA) is 83.6 Å². The number of hydrogen-bond acceptors (Lipinski definition) is 4. The number of nitrogens with zero attached hydrogens (tertiary/aromatic N) is 1. The Kier molecular flexibility index (Phi) is 4.27. The summed E-state index contributed by atoms with van der Waals surface area (Å²) in [4.78, 5) is 0.154. The van der Waals surface area contributed by atoms with Crippen molar-refractivity contribution in [3.05, 3.63) is 54.1 Å². The van der Waals surface area contributed by atoms with E-state index in [1.807, 2.05) is 0 Å². The molecule has 8 heteroatoms. The minimum absolute atomic E-state index is 0.117. The van der Waals surface area contributed by atoms with E-state index in [2.05, 4.69) is 4.72 Å². The van der Waals surface area contributed by atoms with Crippen LogP contribution in [0.2, 0.25) is 0 Å². The maximum absolute atomic E-state index is 12.4. The van der Waals surface area contributed by atoms with Gasteiger partial charge in [0.05, 0.1) is 22.0 Å². The second-order valence-corrected chi connectivity index (χ2v) is 9.36. The van der Waals surface area contributed by atoms with Gasteiger partial charge in [0, 0.05) is 6.54 Å². The van der Waals surface area contributed by atoms with Crippen LogP contribution in [-0.2, 0) is 20.0 Å². The van der Waals surface area contributed by atoms with Crippen LogP contribution in [0, 0.1) is 6.92 Å². The minimum atomic E-state index is -3.71. The number of benzene rings is 2. The van der Waals surface area contributed by atoms with E-state index in [0.29, 0.717) is 24.3 Å². The monoisotopic (exact) mass is 366 g/mol. The highest BCUT2D eigenvalue weighted by molar-refractivity contribution is 7.93. The van der Waals surface area contributed by atoms with E-state index >= 15 is 0 Å². The van der Waals surface area contributed by atoms with E-state index in [0.717, 1.165) is 5.56 Å². The van der Waals surface area contributed by atoms with Crippen LogP contribution in [0.5, 0.6) is 0 Å². The van der Waals surface area contributed by atoms with Crippen LogP contribution < -0.4 is 9.03 Å². The van der Waals surface area contributed by atoms with Gasteiger partial charge in [0.2, 0.25) is 10.0 Å². The SMILES string of the molecule is Cc1ccc(NS(=O)(=O)c2ccccc2)cc1N1CCCS1(=O)=O. The quantitative estimate of drug-likeness (QED) is 0.900. The molecule has 1 fully saturated rings. The summed E-state index contributed by atoms with van der Waals surface area (Å²) >= 11 is 0. The molecule has 0 bridgehead atoms. The lowest BCUT2D eigenvalue weighted by atomic mass is 10.2. The van der Waals surface area contributed by atoms with E-state index in [9.17, 15) is 16.8 Å². The zero-order valence-corrected chi connectivity index (χ0v) is 14.8. The molecule has 24 heavy (non-hydrogen) atoms. The fraction of sp³-hybridized carbons (Fsp3) is 0.250. The third-order valence-corrected chi connectivity index (χ3v) is 7.14. The van der Waals surface area contributed by atoms with Gasteiger partial charge in [0.15, 0.2) is 0 Å². The maximum Gasteiger partial charge on any atom is 0.261 e. The first-order valence-electron chi connectivity index (χ1n) is 7.48. The highest BCUT2D eigenvalue weighted by atomic mass is 32.2. The maximum atomic E-state index is 12.4. The minimum Gasteiger partial charge on any atom is -0.280 e. The molecule has 1 aliphatic rings. The normalized spacial score (nSPS) is 17.0. The second-order valence-electron chi connectivity index (χ2n) is 5.66. The van der Waals surface area contributed by atoms with E-state index in [4.69, 9.17) is 0 Å². The van der Waals surface area contributed by atoms with Gasteiger partial charge in [-0.1, -0.05) is 24.3 Å². The van der Waals surface area contributed by atoms with Crippen LogP contribution in [0.3, 0.4) is 0 Å². The second kappa shape index (κ2) is 6.10. The van der Waals surface area contributed by atoms with Crippen molar-refractivity contribution in [1.82, 2.24) is 0 Å². The van der Waals surface area contributed by atoms with Crippen LogP contribution >= 0.6 is 0 Å². The number of rotatable bonds is 4. The first-order valence-corrected chi connectivity index (χ1v) is 10.6. The molecule has 2 aromatic rings. The van der Waals surface area contributed by atoms with Gasteiger partial charge < -0.3 is 0 Å². The predicted molar refractivity (Wildman–Crippen MR) is 94.2 cm³/mol. The molecule has 1 aliphatic heterocycles. The molecule has 1 heterocycles. The summed E-state index contributed by atoms with van der Waals surface area (Å²) in [6.07, 6.45) is 0.571. The largest absolute Gasteiger partial charge is 0.280 e. The smallest absolute Gasteiger partial charge is 0.261 e. The molecule has 1 N–H and O–H groups in total. The molecule has 0 spiro atoms. The summed E-state index contributed by atoms with van der Waals surface area (Å²) in [5.41, 5.74) is 1.63. The van der Waals surface area contributed by atoms with E-state index in [-0.39, 0.29) is 10.6 Å². The standard InChI is InChI=1S/C16H18N2O4S2/c1-13-8-9-14(12-16(13)18-10-5-11-23(18,19)20)17-24(21,22)15-6-3-2-4-7-15/h2-4,6-9,12,17H,5,10-11H2,1H3. The van der Waals surface area contributed by atoms with Crippen LogP contribution in [0.15, 0.2) is 53.4 Å². The van der Waals surface area contributed by atoms with E-state index in [1.165, 1.54) is 16.4 Å². The van der Waals surface area contributed by atoms with Gasteiger partial charge in [-0.3, -0.25) is 9.03 Å². The molecule has 1 saturated heterocycles. The Bertz CT molecular complexity index is 955. The van der Waals surface area contributed by atoms with Crippen LogP contribution in [0.25, 0.3) is 0 Å². The van der Waals surface area contributed by atoms with Crippen molar-refractivity contribution >= 4 is 31.4 Å². The number of sulfonamides is 2. The lowest BCUT2D eigenvalue weighted by Crippen LogP contribution is -2.26. The van der Waals surface area contributed by atoms with Crippen molar-refractivity contribution in [2.24, 2.45) is 0 Å². The van der Waals surface area contributed by atoms with Crippen LogP contribution in [0.4, 0.5) is 11.4 Å². The first kappa shape index (κ1) is 16.8. The molecule has 0 amide bonds. The number of aryl methyl sites for hydroxylation is 1. The fourth-order valence-electron chi connectivity index (χ4n) is 2.67. The summed E-state index contributed by atoms with van der Waals surface area (Å²) in [5, 5.41) is 0. The molecule has 3 rings (SSSR count). The molecular weight excluding hydrogens is 348 g/mol. The highest BCUT2D eigenvalue weighted by Gasteiger charge is 2.29. The lowest BCUT2D eigenvalue weighted by Gasteiger charge is -2.20. The Morgan fingerprint density at radius 3 is 2.42 bits per heavy atom. The molecule has 6 nitrogen and oxygen atoms in total. The summed E-state index contributed by atoms with van der Waals surface area (Å²) in [5.74, 6) is 0.117. The Morgan fingerprint density at radius 2 is 1.79 bits per heavy atom. The molecule has 0 atom stereocenters. The van der Waals surface area contributed by atoms with Gasteiger partial charge in [0.1, 0.15) is 0 Å². The molecule has 0 saturated carbocycles. The van der Waals surface area contributed by atoms with Crippen molar-refractivity contribution < 1.29 is 16.8 Å². The summed E-state index contributed by atoms with van der Waals surface area (Å²) in [6, 6.07) is 12.9. The lowest BCUT2D eigenvalue weighted by molar-refractivity contribution is 0.598. The zero-order chi connectivity index (χ0) is 17.4. The molecule has 0 radical (unpaired) electrons. The first-order chi connectivity index (χ1) is 11.3. The van der Waals surface area contributed by atoms with Gasteiger partial charge in [-0.15, -0.1) is 0 Å². The average molecular weight is 366 g/mol. The predicted octanol–water partition coefficient (Wildman–Crippen LogP) is 2.34. The number of anilines is 2. The third-order valence-electron chi connectivity index (χ3n) is 3.88. The van der Waals surface area contributed by atoms with Crippen molar-refractivity contribution in [2.45, 2.75) is 18.2 Å². The van der Waals surface area contributed by atoms with Crippen molar-refractivity contribution in [2.75, 3.05) is 21.3 Å². The summed E-state index contributed by atoms with van der Waals surface area (Å²) in [6.45, 7) is 2.22. The highest BCUT2D eigenvalue weighted by Crippen LogP contribution is 2.30.